The summed E-state index contributed by atoms with van der Waals surface area (Å²) in [5.74, 6) is -13.2. The van der Waals surface area contributed by atoms with Gasteiger partial charge in [0.2, 0.25) is 23.6 Å². The average Bonchev–Trinajstić information content (AvgIpc) is 1.61. The lowest BCUT2D eigenvalue weighted by molar-refractivity contribution is -0.157. The van der Waals surface area contributed by atoms with Gasteiger partial charge in [-0.2, -0.15) is 0 Å². The Bertz CT molecular complexity index is 3920. The van der Waals surface area contributed by atoms with E-state index in [0.29, 0.717) is 46.5 Å². The number of esters is 6. The van der Waals surface area contributed by atoms with E-state index >= 15 is 0 Å². The largest absolute Gasteiger partial charge is 0.465 e. The molecule has 12 unspecified atom stereocenters. The lowest BCUT2D eigenvalue weighted by atomic mass is 9.80. The number of nitrogens with zero attached hydrogens (tertiary/aromatic N) is 2. The molecule has 4 saturated heterocycles. The van der Waals surface area contributed by atoms with Crippen LogP contribution >= 0.6 is 0 Å². The lowest BCUT2D eigenvalue weighted by Gasteiger charge is -2.28. The molecule has 0 bridgehead atoms. The number of nitrogens with two attached hydrogens (primary N) is 2. The summed E-state index contributed by atoms with van der Waals surface area (Å²) in [6.45, 7) is 6.85. The maximum atomic E-state index is 14.2. The fraction of sp³-hybridized carbons (Fsp3) is 0.351. The Morgan fingerprint density at radius 2 is 0.776 bits per heavy atom. The molecule has 0 saturated carbocycles. The van der Waals surface area contributed by atoms with Crippen LogP contribution < -0.4 is 21.3 Å². The number of nitrogen functional groups attached to an aromatic ring is 2. The Kier molecular flexibility index (Phi) is 26.4. The maximum Gasteiger partial charge on any atom is 0.339 e. The number of carbonyl (C=O) groups is 12. The summed E-state index contributed by atoms with van der Waals surface area (Å²) in [7, 11) is 8.23. The molecule has 98 heavy (non-hydrogen) atoms. The molecule has 12 atom stereocenters. The number of anilines is 4. The number of carbonyl (C=O) groups excluding carboxylic acids is 12. The van der Waals surface area contributed by atoms with Gasteiger partial charge in [0, 0.05) is 63.5 Å². The molecule has 4 amide bonds. The summed E-state index contributed by atoms with van der Waals surface area (Å²) in [5.41, 5.74) is 14.7. The van der Waals surface area contributed by atoms with Crippen LogP contribution in [0.15, 0.2) is 158 Å². The molecule has 6 aromatic rings. The fourth-order valence-electron chi connectivity index (χ4n) is 12.7. The molecule has 10 rings (SSSR count). The minimum Gasteiger partial charge on any atom is -0.465 e. The second-order valence-corrected chi connectivity index (χ2v) is 23.4. The van der Waals surface area contributed by atoms with E-state index in [1.54, 1.807) is 129 Å². The molecule has 0 aliphatic carbocycles. The molecule has 6 aromatic carbocycles. The topological polar surface area (TPSA) is 337 Å². The predicted molar refractivity (Wildman–Crippen MR) is 359 cm³/mol. The zero-order valence-electron chi connectivity index (χ0n) is 56.0. The van der Waals surface area contributed by atoms with Gasteiger partial charge in [0.1, 0.15) is 0 Å². The lowest BCUT2D eigenvalue weighted by Crippen LogP contribution is -2.39. The Hall–Kier alpha value is -10.4. The molecule has 4 aliphatic rings. The SMILES string of the molecule is CCC(OC)C1C(=O)N(c2ccccc2C(=O)OC)C(=O)C1CC(OC)C1C(=O)N(c2ccccc2C(=O)c2ccccc2)C(=O)C1C.CCC(OC)C1C(=O)OC(=O)C1CC(OC)C1C(=O)OC(=O)C1C.COC(=O)c1ccccc1N.Nc1ccccc1C(=O)c1ccccc1.[2HH]. The standard InChI is InChI=1S/C37H38N2O9.C16H22O8.C13H11NO.C8H9NO2.H2/c1-6-28(46-3)31-25(34(42)39(36(31)44)27-19-13-11-17-24(27)37(45)48-5)20-29(47-4)30-21(2)33(41)38(35(30)43)26-18-12-10-16-23(26)32(40)22-14-8-7-9-15-22;1-5-9(21-3)12-8(14(18)24-16(12)20)6-10(22-4)11-7(2)13(17)23-15(11)19;14-12-9-5-4-8-11(12)13(15)10-6-2-1-3-7-10;1-11-8(10)6-4-2-3-5-7(6)9;/h7-19,21,25,28-31H,6,20H2,1-5H3;7-12H,5-6H2,1-4H3;1-9H,14H2;2-5H,9H2,1H3;1H/i;;;;1+1. The van der Waals surface area contributed by atoms with Gasteiger partial charge in [-0.25, -0.2) is 19.4 Å². The van der Waals surface area contributed by atoms with Gasteiger partial charge in [0.15, 0.2) is 11.6 Å². The predicted octanol–water partition coefficient (Wildman–Crippen LogP) is 8.73. The van der Waals surface area contributed by atoms with Crippen molar-refractivity contribution in [2.75, 3.05) is 63.9 Å². The zero-order valence-corrected chi connectivity index (χ0v) is 56.0. The first-order valence-corrected chi connectivity index (χ1v) is 31.6. The molecule has 4 heterocycles. The second-order valence-electron chi connectivity index (χ2n) is 23.4. The summed E-state index contributed by atoms with van der Waals surface area (Å²) >= 11 is 0. The summed E-state index contributed by atoms with van der Waals surface area (Å²) in [6, 6.07) is 44.2. The first kappa shape index (κ1) is 75.0. The number of benzene rings is 6. The minimum absolute atomic E-state index is 0. The number of hydrogen-bond acceptors (Lipinski definition) is 22. The molecule has 0 spiro atoms. The van der Waals surface area contributed by atoms with Crippen LogP contribution in [0.5, 0.6) is 0 Å². The quantitative estimate of drug-likeness (QED) is 0.0160. The Morgan fingerprint density at radius 3 is 1.26 bits per heavy atom. The van der Waals surface area contributed by atoms with Gasteiger partial charge >= 0.3 is 35.8 Å². The van der Waals surface area contributed by atoms with Crippen molar-refractivity contribution in [3.63, 3.8) is 0 Å². The fourth-order valence-corrected chi connectivity index (χ4v) is 12.7. The number of amides is 4. The van der Waals surface area contributed by atoms with Gasteiger partial charge in [-0.3, -0.25) is 47.9 Å². The van der Waals surface area contributed by atoms with Gasteiger partial charge in [-0.1, -0.05) is 137 Å². The Labute approximate surface area is 568 Å². The molecule has 4 aliphatic heterocycles. The Balaban J connectivity index is 0.000000248. The van der Waals surface area contributed by atoms with Crippen LogP contribution in [0.3, 0.4) is 0 Å². The molecule has 24 nitrogen and oxygen atoms in total. The smallest absolute Gasteiger partial charge is 0.339 e. The monoisotopic (exact) mass is 1350 g/mol. The van der Waals surface area contributed by atoms with Crippen LogP contribution in [0, 0.1) is 47.3 Å². The van der Waals surface area contributed by atoms with Crippen LogP contribution in [-0.2, 0) is 76.3 Å². The molecule has 518 valence electrons. The van der Waals surface area contributed by atoms with Crippen molar-refractivity contribution >= 4 is 93.8 Å². The first-order valence-electron chi connectivity index (χ1n) is 31.6. The minimum atomic E-state index is -1.02. The second kappa shape index (κ2) is 34.5. The molecule has 24 heteroatoms. The third kappa shape index (κ3) is 16.3. The van der Waals surface area contributed by atoms with Crippen molar-refractivity contribution in [3.8, 4) is 0 Å². The van der Waals surface area contributed by atoms with Crippen LogP contribution in [0.4, 0.5) is 22.7 Å². The Morgan fingerprint density at radius 1 is 0.398 bits per heavy atom. The van der Waals surface area contributed by atoms with Crippen LogP contribution in [0.25, 0.3) is 0 Å². The normalized spacial score (nSPS) is 21.4. The molecule has 0 radical (unpaired) electrons. The van der Waals surface area contributed by atoms with Crippen LogP contribution in [-0.4, -0.2) is 138 Å². The van der Waals surface area contributed by atoms with E-state index in [2.05, 4.69) is 9.47 Å². The zero-order chi connectivity index (χ0) is 71.7. The number of imide groups is 2. The van der Waals surface area contributed by atoms with Gasteiger partial charge in [0.25, 0.3) is 0 Å². The summed E-state index contributed by atoms with van der Waals surface area (Å²) in [5, 5.41) is 0. The van der Waals surface area contributed by atoms with E-state index in [1.807, 2.05) is 44.2 Å². The third-order valence-electron chi connectivity index (χ3n) is 17.9. The van der Waals surface area contributed by atoms with E-state index in [4.69, 9.17) is 39.9 Å². The maximum absolute atomic E-state index is 14.2. The van der Waals surface area contributed by atoms with Crippen LogP contribution in [0.1, 0.15) is 107 Å². The summed E-state index contributed by atoms with van der Waals surface area (Å²) in [4.78, 5) is 155. The highest BCUT2D eigenvalue weighted by Crippen LogP contribution is 2.44. The number of hydrogen-bond donors (Lipinski definition) is 2. The van der Waals surface area contributed by atoms with Gasteiger partial charge in [-0.15, -0.1) is 0 Å². The highest BCUT2D eigenvalue weighted by molar-refractivity contribution is 6.26. The van der Waals surface area contributed by atoms with E-state index in [1.165, 1.54) is 54.8 Å². The third-order valence-corrected chi connectivity index (χ3v) is 17.9. The van der Waals surface area contributed by atoms with Crippen molar-refractivity contribution in [3.05, 3.63) is 191 Å². The van der Waals surface area contributed by atoms with Crippen molar-refractivity contribution in [2.45, 2.75) is 77.8 Å². The summed E-state index contributed by atoms with van der Waals surface area (Å²) < 4.78 is 41.0. The molecular weight excluding hydrogens is 1260 g/mol. The number of ether oxygens (including phenoxy) is 8. The van der Waals surface area contributed by atoms with Gasteiger partial charge in [-0.05, 0) is 74.2 Å². The van der Waals surface area contributed by atoms with Gasteiger partial charge in [0.05, 0.1) is 108 Å². The number of para-hydroxylation sites is 4. The van der Waals surface area contributed by atoms with Crippen LogP contribution in [0.2, 0.25) is 0 Å². The number of methoxy groups -OCH3 is 6. The molecular formula is C74H82N4O20. The summed E-state index contributed by atoms with van der Waals surface area (Å²) in [6.07, 6.45) is -1.92. The van der Waals surface area contributed by atoms with Gasteiger partial charge < -0.3 is 49.4 Å². The van der Waals surface area contributed by atoms with Crippen molar-refractivity contribution in [1.29, 1.82) is 0 Å². The van der Waals surface area contributed by atoms with E-state index in [0.717, 1.165) is 9.80 Å². The molecule has 4 N–H and O–H groups in total. The highest BCUT2D eigenvalue weighted by Gasteiger charge is 2.57. The highest BCUT2D eigenvalue weighted by atomic mass is 16.6. The van der Waals surface area contributed by atoms with E-state index in [9.17, 15) is 57.5 Å². The average molecular weight is 1350 g/mol. The van der Waals surface area contributed by atoms with Crippen molar-refractivity contribution in [2.24, 2.45) is 47.3 Å². The van der Waals surface area contributed by atoms with Crippen molar-refractivity contribution in [1.82, 2.24) is 0 Å². The first-order chi connectivity index (χ1) is 47.0. The molecule has 4 fully saturated rings. The van der Waals surface area contributed by atoms with Crippen molar-refractivity contribution < 1.29 is 96.9 Å². The van der Waals surface area contributed by atoms with E-state index in [-0.39, 0.29) is 48.3 Å². The number of rotatable bonds is 22. The molecule has 0 aromatic heterocycles. The number of cyclic esters (lactones) is 4. The number of ketones is 2. The van der Waals surface area contributed by atoms with E-state index < -0.39 is 131 Å².